The van der Waals surface area contributed by atoms with Crippen LogP contribution in [0.2, 0.25) is 0 Å². The maximum absolute atomic E-state index is 12.1. The second-order valence-electron chi connectivity index (χ2n) is 10.7. The van der Waals surface area contributed by atoms with Gasteiger partial charge in [-0.15, -0.1) is 0 Å². The van der Waals surface area contributed by atoms with E-state index in [0.717, 1.165) is 64.2 Å². The van der Waals surface area contributed by atoms with Crippen LogP contribution in [0.15, 0.2) is 0 Å². The van der Waals surface area contributed by atoms with E-state index in [9.17, 15) is 9.59 Å². The van der Waals surface area contributed by atoms with Gasteiger partial charge in [0.15, 0.2) is 0 Å². The van der Waals surface area contributed by atoms with E-state index in [1.165, 1.54) is 89.9 Å². The van der Waals surface area contributed by atoms with Crippen LogP contribution >= 0.6 is 0 Å². The van der Waals surface area contributed by atoms with Crippen molar-refractivity contribution in [3.63, 3.8) is 0 Å². The van der Waals surface area contributed by atoms with E-state index in [1.807, 2.05) is 0 Å². The third-order valence-electron chi connectivity index (χ3n) is 7.08. The molecule has 4 nitrogen and oxygen atoms in total. The molecule has 0 amide bonds. The highest BCUT2D eigenvalue weighted by Gasteiger charge is 2.14. The van der Waals surface area contributed by atoms with Crippen LogP contribution in [0.4, 0.5) is 0 Å². The Morgan fingerprint density at radius 2 is 0.886 bits per heavy atom. The summed E-state index contributed by atoms with van der Waals surface area (Å²) in [5.41, 5.74) is 0. The molecule has 0 rings (SSSR count). The first-order chi connectivity index (χ1) is 17.1. The summed E-state index contributed by atoms with van der Waals surface area (Å²) in [6, 6.07) is 0. The molecule has 0 radical (unpaired) electrons. The van der Waals surface area contributed by atoms with Gasteiger partial charge in [-0.25, -0.2) is 0 Å². The topological polar surface area (TPSA) is 63.6 Å². The summed E-state index contributed by atoms with van der Waals surface area (Å²) in [7, 11) is 0. The van der Waals surface area contributed by atoms with Gasteiger partial charge in [0.1, 0.15) is 6.10 Å². The van der Waals surface area contributed by atoms with Crippen molar-refractivity contribution in [3.05, 3.63) is 0 Å². The fraction of sp³-hybridized carbons (Fsp3) is 0.935. The molecule has 0 fully saturated rings. The Bertz CT molecular complexity index is 463. The molecule has 0 aromatic heterocycles. The van der Waals surface area contributed by atoms with Crippen LogP contribution in [0.1, 0.15) is 181 Å². The predicted molar refractivity (Wildman–Crippen MR) is 149 cm³/mol. The fourth-order valence-electron chi connectivity index (χ4n) is 4.75. The monoisotopic (exact) mass is 496 g/mol. The summed E-state index contributed by atoms with van der Waals surface area (Å²) in [4.78, 5) is 22.7. The molecule has 0 aliphatic heterocycles. The Kier molecular flexibility index (Phi) is 26.7. The first-order valence-corrected chi connectivity index (χ1v) is 15.5. The SMILES string of the molecule is CCCCCCCCCCCCCCCCCC(CCCCCCCC(=O)O)OC(=O)CCCC. The zero-order valence-corrected chi connectivity index (χ0v) is 23.6. The maximum atomic E-state index is 12.1. The number of hydrogen-bond donors (Lipinski definition) is 1. The summed E-state index contributed by atoms with van der Waals surface area (Å²) in [6.45, 7) is 4.38. The van der Waals surface area contributed by atoms with Crippen LogP contribution in [0.3, 0.4) is 0 Å². The van der Waals surface area contributed by atoms with Crippen molar-refractivity contribution in [1.82, 2.24) is 0 Å². The first-order valence-electron chi connectivity index (χ1n) is 15.5. The van der Waals surface area contributed by atoms with Gasteiger partial charge in [-0.05, 0) is 38.5 Å². The standard InChI is InChI=1S/C31H60O4/c1-3-5-7-8-9-10-11-12-13-14-15-16-17-19-22-25-29(35-31(34)28-6-4-2)26-23-20-18-21-24-27-30(32)33/h29H,3-28H2,1-2H3,(H,32,33). The Balaban J connectivity index is 3.77. The van der Waals surface area contributed by atoms with Crippen molar-refractivity contribution in [2.24, 2.45) is 0 Å². The summed E-state index contributed by atoms with van der Waals surface area (Å²) >= 11 is 0. The lowest BCUT2D eigenvalue weighted by Crippen LogP contribution is -2.18. The molecule has 0 spiro atoms. The molecule has 0 aromatic carbocycles. The highest BCUT2D eigenvalue weighted by atomic mass is 16.5. The average Bonchev–Trinajstić information content (AvgIpc) is 2.84. The summed E-state index contributed by atoms with van der Waals surface area (Å²) in [5, 5.41) is 8.72. The van der Waals surface area contributed by atoms with Crippen molar-refractivity contribution in [3.8, 4) is 0 Å². The van der Waals surface area contributed by atoms with Crippen LogP contribution < -0.4 is 0 Å². The van der Waals surface area contributed by atoms with Gasteiger partial charge in [0.2, 0.25) is 0 Å². The minimum absolute atomic E-state index is 0.0285. The van der Waals surface area contributed by atoms with Crippen molar-refractivity contribution >= 4 is 11.9 Å². The maximum Gasteiger partial charge on any atom is 0.306 e. The molecule has 1 unspecified atom stereocenters. The number of carboxylic acid groups (broad SMARTS) is 1. The minimum atomic E-state index is -0.701. The Morgan fingerprint density at radius 3 is 1.29 bits per heavy atom. The molecule has 35 heavy (non-hydrogen) atoms. The van der Waals surface area contributed by atoms with E-state index in [1.54, 1.807) is 0 Å². The Labute approximate surface area is 218 Å². The van der Waals surface area contributed by atoms with Gasteiger partial charge in [-0.3, -0.25) is 9.59 Å². The number of aliphatic carboxylic acids is 1. The van der Waals surface area contributed by atoms with E-state index in [2.05, 4.69) is 13.8 Å². The number of esters is 1. The number of carbonyl (C=O) groups excluding carboxylic acids is 1. The molecular formula is C31H60O4. The molecule has 0 bridgehead atoms. The van der Waals surface area contributed by atoms with E-state index in [-0.39, 0.29) is 18.5 Å². The second-order valence-corrected chi connectivity index (χ2v) is 10.7. The van der Waals surface area contributed by atoms with E-state index in [0.29, 0.717) is 6.42 Å². The largest absolute Gasteiger partial charge is 0.481 e. The molecule has 0 aliphatic rings. The Hall–Kier alpha value is -1.06. The van der Waals surface area contributed by atoms with Gasteiger partial charge in [-0.1, -0.05) is 129 Å². The zero-order chi connectivity index (χ0) is 25.8. The van der Waals surface area contributed by atoms with Gasteiger partial charge in [0.05, 0.1) is 0 Å². The van der Waals surface area contributed by atoms with Crippen LogP contribution in [0.25, 0.3) is 0 Å². The van der Waals surface area contributed by atoms with E-state index >= 15 is 0 Å². The van der Waals surface area contributed by atoms with Crippen LogP contribution in [0, 0.1) is 0 Å². The number of ether oxygens (including phenoxy) is 1. The van der Waals surface area contributed by atoms with Gasteiger partial charge < -0.3 is 9.84 Å². The summed E-state index contributed by atoms with van der Waals surface area (Å²) in [6.07, 6.45) is 30.3. The van der Waals surface area contributed by atoms with E-state index in [4.69, 9.17) is 9.84 Å². The molecule has 0 heterocycles. The summed E-state index contributed by atoms with van der Waals surface area (Å²) in [5.74, 6) is -0.730. The van der Waals surface area contributed by atoms with E-state index < -0.39 is 5.97 Å². The van der Waals surface area contributed by atoms with Gasteiger partial charge in [-0.2, -0.15) is 0 Å². The molecule has 4 heteroatoms. The third-order valence-corrected chi connectivity index (χ3v) is 7.08. The van der Waals surface area contributed by atoms with Crippen LogP contribution in [-0.4, -0.2) is 23.1 Å². The van der Waals surface area contributed by atoms with Gasteiger partial charge in [0.25, 0.3) is 0 Å². The van der Waals surface area contributed by atoms with Crippen molar-refractivity contribution in [1.29, 1.82) is 0 Å². The lowest BCUT2D eigenvalue weighted by Gasteiger charge is -2.18. The minimum Gasteiger partial charge on any atom is -0.481 e. The normalized spacial score (nSPS) is 12.1. The molecule has 1 atom stereocenters. The van der Waals surface area contributed by atoms with Crippen LogP contribution in [0.5, 0.6) is 0 Å². The molecular weight excluding hydrogens is 436 g/mol. The highest BCUT2D eigenvalue weighted by molar-refractivity contribution is 5.69. The predicted octanol–water partition coefficient (Wildman–Crippen LogP) is 10.2. The summed E-state index contributed by atoms with van der Waals surface area (Å²) < 4.78 is 5.81. The highest BCUT2D eigenvalue weighted by Crippen LogP contribution is 2.18. The molecule has 0 aromatic rings. The lowest BCUT2D eigenvalue weighted by molar-refractivity contribution is -0.150. The molecule has 1 N–H and O–H groups in total. The number of hydrogen-bond acceptors (Lipinski definition) is 3. The van der Waals surface area contributed by atoms with Crippen LogP contribution in [-0.2, 0) is 14.3 Å². The first kappa shape index (κ1) is 33.9. The number of rotatable bonds is 28. The third kappa shape index (κ3) is 27.4. The number of carbonyl (C=O) groups is 2. The quantitative estimate of drug-likeness (QED) is 0.0864. The molecule has 208 valence electrons. The smallest absolute Gasteiger partial charge is 0.306 e. The molecule has 0 saturated heterocycles. The van der Waals surface area contributed by atoms with Gasteiger partial charge >= 0.3 is 11.9 Å². The zero-order valence-electron chi connectivity index (χ0n) is 23.6. The molecule has 0 saturated carbocycles. The number of unbranched alkanes of at least 4 members (excludes halogenated alkanes) is 19. The Morgan fingerprint density at radius 1 is 0.514 bits per heavy atom. The van der Waals surface area contributed by atoms with Crippen molar-refractivity contribution in [2.75, 3.05) is 0 Å². The second kappa shape index (κ2) is 27.5. The fourth-order valence-corrected chi connectivity index (χ4v) is 4.75. The van der Waals surface area contributed by atoms with Crippen molar-refractivity contribution < 1.29 is 19.4 Å². The lowest BCUT2D eigenvalue weighted by atomic mass is 10.0. The van der Waals surface area contributed by atoms with Gasteiger partial charge in [0, 0.05) is 12.8 Å². The van der Waals surface area contributed by atoms with Crippen molar-refractivity contribution in [2.45, 2.75) is 187 Å². The average molecular weight is 497 g/mol. The number of carboxylic acids is 1. The molecule has 0 aliphatic carbocycles.